The average molecular weight is 382 g/mol. The second-order valence-corrected chi connectivity index (χ2v) is 6.69. The van der Waals surface area contributed by atoms with Crippen molar-refractivity contribution in [3.63, 3.8) is 0 Å². The summed E-state index contributed by atoms with van der Waals surface area (Å²) in [5.41, 5.74) is 3.16. The number of benzene rings is 2. The molecule has 2 aromatic rings. The third kappa shape index (κ3) is 4.26. The van der Waals surface area contributed by atoms with Crippen LogP contribution in [-0.2, 0) is 20.7 Å². The summed E-state index contributed by atoms with van der Waals surface area (Å²) in [6.45, 7) is 3.45. The Balaban J connectivity index is 1.27. The molecule has 0 saturated carbocycles. The summed E-state index contributed by atoms with van der Waals surface area (Å²) in [7, 11) is 0. The van der Waals surface area contributed by atoms with Gasteiger partial charge in [0.1, 0.15) is 5.75 Å². The third-order valence-electron chi connectivity index (χ3n) is 4.79. The molecular formula is C21H22N2O5. The summed E-state index contributed by atoms with van der Waals surface area (Å²) in [4.78, 5) is 26.5. The molecule has 0 aliphatic carbocycles. The van der Waals surface area contributed by atoms with Crippen molar-refractivity contribution in [2.75, 3.05) is 49.7 Å². The van der Waals surface area contributed by atoms with Crippen molar-refractivity contribution in [2.24, 2.45) is 0 Å². The van der Waals surface area contributed by atoms with Gasteiger partial charge < -0.3 is 24.4 Å². The van der Waals surface area contributed by atoms with Crippen molar-refractivity contribution < 1.29 is 23.8 Å². The monoisotopic (exact) mass is 382 g/mol. The van der Waals surface area contributed by atoms with E-state index in [-0.39, 0.29) is 12.5 Å². The maximum atomic E-state index is 12.2. The molecule has 2 aromatic carbocycles. The van der Waals surface area contributed by atoms with Gasteiger partial charge in [-0.25, -0.2) is 4.79 Å². The van der Waals surface area contributed by atoms with Gasteiger partial charge in [0.05, 0.1) is 25.4 Å². The molecule has 0 bridgehead atoms. The Hall–Kier alpha value is -3.06. The fourth-order valence-corrected chi connectivity index (χ4v) is 3.30. The van der Waals surface area contributed by atoms with Gasteiger partial charge in [0, 0.05) is 30.9 Å². The van der Waals surface area contributed by atoms with Gasteiger partial charge in [0.25, 0.3) is 5.91 Å². The van der Waals surface area contributed by atoms with Crippen LogP contribution in [0.2, 0.25) is 0 Å². The van der Waals surface area contributed by atoms with E-state index in [1.54, 1.807) is 18.2 Å². The Labute approximate surface area is 163 Å². The number of fused-ring (bicyclic) bond motifs is 1. The molecule has 1 saturated heterocycles. The lowest BCUT2D eigenvalue weighted by atomic mass is 10.1. The van der Waals surface area contributed by atoms with Crippen molar-refractivity contribution >= 4 is 23.3 Å². The first-order chi connectivity index (χ1) is 13.7. The number of hydrogen-bond donors (Lipinski definition) is 1. The molecule has 2 aliphatic heterocycles. The van der Waals surface area contributed by atoms with Crippen molar-refractivity contribution in [3.05, 3.63) is 53.6 Å². The van der Waals surface area contributed by atoms with Crippen LogP contribution in [0.1, 0.15) is 15.9 Å². The number of carbonyl (C=O) groups is 2. The Bertz CT molecular complexity index is 860. The molecule has 28 heavy (non-hydrogen) atoms. The molecule has 0 aromatic heterocycles. The van der Waals surface area contributed by atoms with Crippen LogP contribution in [-0.4, -0.2) is 51.4 Å². The predicted octanol–water partition coefficient (Wildman–Crippen LogP) is 2.25. The van der Waals surface area contributed by atoms with Gasteiger partial charge in [-0.1, -0.05) is 0 Å². The van der Waals surface area contributed by atoms with Crippen molar-refractivity contribution in [1.29, 1.82) is 0 Å². The summed E-state index contributed by atoms with van der Waals surface area (Å²) in [6.07, 6.45) is 0.775. The molecule has 2 heterocycles. The molecular weight excluding hydrogens is 360 g/mol. The van der Waals surface area contributed by atoms with Gasteiger partial charge in [-0.15, -0.1) is 0 Å². The van der Waals surface area contributed by atoms with E-state index in [4.69, 9.17) is 14.2 Å². The van der Waals surface area contributed by atoms with Crippen LogP contribution in [0.5, 0.6) is 5.75 Å². The van der Waals surface area contributed by atoms with Crippen LogP contribution >= 0.6 is 0 Å². The highest BCUT2D eigenvalue weighted by molar-refractivity contribution is 5.95. The van der Waals surface area contributed by atoms with Gasteiger partial charge in [-0.05, 0) is 48.0 Å². The smallest absolute Gasteiger partial charge is 0.338 e. The first-order valence-corrected chi connectivity index (χ1v) is 9.34. The minimum atomic E-state index is -0.521. The summed E-state index contributed by atoms with van der Waals surface area (Å²) >= 11 is 0. The van der Waals surface area contributed by atoms with Gasteiger partial charge >= 0.3 is 5.97 Å². The number of anilines is 2. The minimum Gasteiger partial charge on any atom is -0.493 e. The molecule has 0 spiro atoms. The Morgan fingerprint density at radius 1 is 1.04 bits per heavy atom. The second-order valence-electron chi connectivity index (χ2n) is 6.69. The number of nitrogens with zero attached hydrogens (tertiary/aromatic N) is 1. The molecule has 0 unspecified atom stereocenters. The van der Waals surface area contributed by atoms with E-state index in [2.05, 4.69) is 10.2 Å². The molecule has 146 valence electrons. The van der Waals surface area contributed by atoms with Crippen LogP contribution in [0.4, 0.5) is 11.4 Å². The zero-order valence-corrected chi connectivity index (χ0v) is 15.5. The summed E-state index contributed by atoms with van der Waals surface area (Å²) < 4.78 is 15.9. The van der Waals surface area contributed by atoms with E-state index in [1.165, 1.54) is 0 Å². The van der Waals surface area contributed by atoms with Crippen LogP contribution in [0.3, 0.4) is 0 Å². The third-order valence-corrected chi connectivity index (χ3v) is 4.79. The second kappa shape index (κ2) is 8.31. The van der Waals surface area contributed by atoms with E-state index in [0.29, 0.717) is 17.9 Å². The maximum absolute atomic E-state index is 12.2. The first-order valence-electron chi connectivity index (χ1n) is 9.34. The lowest BCUT2D eigenvalue weighted by Gasteiger charge is -2.28. The zero-order chi connectivity index (χ0) is 19.3. The van der Waals surface area contributed by atoms with Crippen LogP contribution in [0.15, 0.2) is 42.5 Å². The van der Waals surface area contributed by atoms with Crippen molar-refractivity contribution in [1.82, 2.24) is 0 Å². The molecule has 1 N–H and O–H groups in total. The molecule has 1 amide bonds. The molecule has 0 radical (unpaired) electrons. The predicted molar refractivity (Wildman–Crippen MR) is 104 cm³/mol. The van der Waals surface area contributed by atoms with E-state index in [9.17, 15) is 9.59 Å². The topological polar surface area (TPSA) is 77.1 Å². The minimum absolute atomic E-state index is 0.336. The van der Waals surface area contributed by atoms with Gasteiger partial charge in [0.2, 0.25) is 0 Å². The highest BCUT2D eigenvalue weighted by Crippen LogP contribution is 2.26. The summed E-state index contributed by atoms with van der Waals surface area (Å²) in [5.74, 6) is -0.0979. The lowest BCUT2D eigenvalue weighted by Crippen LogP contribution is -2.36. The van der Waals surface area contributed by atoms with Crippen LogP contribution in [0, 0.1) is 0 Å². The zero-order valence-electron chi connectivity index (χ0n) is 15.5. The molecule has 2 aliphatic rings. The van der Waals surface area contributed by atoms with Crippen molar-refractivity contribution in [3.8, 4) is 5.75 Å². The van der Waals surface area contributed by atoms with Gasteiger partial charge in [-0.3, -0.25) is 4.79 Å². The summed E-state index contributed by atoms with van der Waals surface area (Å²) in [5, 5.41) is 2.74. The number of nitrogens with one attached hydrogen (secondary N) is 1. The fourth-order valence-electron chi connectivity index (χ4n) is 3.30. The Morgan fingerprint density at radius 2 is 1.82 bits per heavy atom. The summed E-state index contributed by atoms with van der Waals surface area (Å²) in [6, 6.07) is 12.8. The van der Waals surface area contributed by atoms with Crippen molar-refractivity contribution in [2.45, 2.75) is 6.42 Å². The van der Waals surface area contributed by atoms with E-state index < -0.39 is 5.97 Å². The highest BCUT2D eigenvalue weighted by Gasteiger charge is 2.17. The lowest BCUT2D eigenvalue weighted by molar-refractivity contribution is -0.119. The number of esters is 1. The Kier molecular flexibility index (Phi) is 5.43. The quantitative estimate of drug-likeness (QED) is 0.800. The number of ether oxygens (including phenoxy) is 3. The SMILES string of the molecule is O=C(COC(=O)c1ccc2c(c1)CCO2)Nc1ccc(N2CCOCC2)cc1. The van der Waals surface area contributed by atoms with E-state index in [0.717, 1.165) is 49.7 Å². The normalized spacial score (nSPS) is 15.5. The van der Waals surface area contributed by atoms with Gasteiger partial charge in [0.15, 0.2) is 6.61 Å². The van der Waals surface area contributed by atoms with Gasteiger partial charge in [-0.2, -0.15) is 0 Å². The van der Waals surface area contributed by atoms with E-state index >= 15 is 0 Å². The maximum Gasteiger partial charge on any atom is 0.338 e. The number of amides is 1. The molecule has 0 atom stereocenters. The first kappa shape index (κ1) is 18.3. The molecule has 7 heteroatoms. The number of carbonyl (C=O) groups excluding carboxylic acids is 2. The molecule has 7 nitrogen and oxygen atoms in total. The number of morpholine rings is 1. The number of hydrogen-bond acceptors (Lipinski definition) is 6. The highest BCUT2D eigenvalue weighted by atomic mass is 16.5. The molecule has 1 fully saturated rings. The van der Waals surface area contributed by atoms with Crippen LogP contribution < -0.4 is 15.0 Å². The Morgan fingerprint density at radius 3 is 2.61 bits per heavy atom. The standard InChI is InChI=1S/C21H22N2O5/c24-20(14-28-21(25)16-1-6-19-15(13-16)7-10-27-19)22-17-2-4-18(5-3-17)23-8-11-26-12-9-23/h1-6,13H,7-12,14H2,(H,22,24). The number of rotatable bonds is 5. The van der Waals surface area contributed by atoms with E-state index in [1.807, 2.05) is 24.3 Å². The average Bonchev–Trinajstić information content (AvgIpc) is 3.21. The largest absolute Gasteiger partial charge is 0.493 e. The molecule has 4 rings (SSSR count). The van der Waals surface area contributed by atoms with Crippen LogP contribution in [0.25, 0.3) is 0 Å². The fraction of sp³-hybridized carbons (Fsp3) is 0.333.